The van der Waals surface area contributed by atoms with Crippen LogP contribution in [0.2, 0.25) is 0 Å². The molecule has 9 nitrogen and oxygen atoms in total. The van der Waals surface area contributed by atoms with E-state index in [9.17, 15) is 19.6 Å². The molecule has 30 heavy (non-hydrogen) atoms. The third kappa shape index (κ3) is 5.34. The molecule has 1 aliphatic rings. The summed E-state index contributed by atoms with van der Waals surface area (Å²) in [5.41, 5.74) is 1.75. The second kappa shape index (κ2) is 9.68. The molecule has 0 bridgehead atoms. The number of aromatic nitrogens is 1. The molecule has 10 heteroatoms. The standard InChI is InChI=1S/C20H25BN4O5/c1-12(2)9-18(21(28)29)24-20(27)17-10-13(25-30-17)11-23-19(26)15-5-3-7-16-14(15)6-4-8-22-16/h3-8,12,17-18,28-29H,9-11H2,1-2H3,(H,23,26)(H,24,27). The van der Waals surface area contributed by atoms with Crippen LogP contribution in [0.5, 0.6) is 0 Å². The van der Waals surface area contributed by atoms with Gasteiger partial charge in [0, 0.05) is 23.6 Å². The minimum atomic E-state index is -1.66. The largest absolute Gasteiger partial charge is 0.475 e. The molecule has 1 aromatic heterocycles. The van der Waals surface area contributed by atoms with Crippen LogP contribution in [0.1, 0.15) is 37.0 Å². The number of nitrogens with one attached hydrogen (secondary N) is 2. The Hall–Kier alpha value is -2.98. The Labute approximate surface area is 174 Å². The van der Waals surface area contributed by atoms with E-state index in [1.165, 1.54) is 0 Å². The Morgan fingerprint density at radius 1 is 1.27 bits per heavy atom. The lowest BCUT2D eigenvalue weighted by Gasteiger charge is -2.20. The molecule has 2 amide bonds. The van der Waals surface area contributed by atoms with Crippen molar-refractivity contribution in [3.05, 3.63) is 42.1 Å². The van der Waals surface area contributed by atoms with Crippen LogP contribution in [0.25, 0.3) is 10.9 Å². The monoisotopic (exact) mass is 412 g/mol. The highest BCUT2D eigenvalue weighted by Crippen LogP contribution is 2.17. The Morgan fingerprint density at radius 2 is 2.07 bits per heavy atom. The van der Waals surface area contributed by atoms with E-state index in [4.69, 9.17) is 4.84 Å². The highest BCUT2D eigenvalue weighted by molar-refractivity contribution is 6.43. The summed E-state index contributed by atoms with van der Waals surface area (Å²) in [4.78, 5) is 34.4. The van der Waals surface area contributed by atoms with Gasteiger partial charge in [0.1, 0.15) is 0 Å². The summed E-state index contributed by atoms with van der Waals surface area (Å²) < 4.78 is 0. The van der Waals surface area contributed by atoms with Gasteiger partial charge in [-0.3, -0.25) is 14.6 Å². The molecular weight excluding hydrogens is 387 g/mol. The number of rotatable bonds is 8. The van der Waals surface area contributed by atoms with Crippen LogP contribution in [0, 0.1) is 5.92 Å². The Bertz CT molecular complexity index is 944. The summed E-state index contributed by atoms with van der Waals surface area (Å²) in [5, 5.41) is 28.9. The molecule has 1 aliphatic heterocycles. The Morgan fingerprint density at radius 3 is 2.80 bits per heavy atom. The van der Waals surface area contributed by atoms with Crippen molar-refractivity contribution in [3.63, 3.8) is 0 Å². The van der Waals surface area contributed by atoms with Crippen molar-refractivity contribution in [3.8, 4) is 0 Å². The lowest BCUT2D eigenvalue weighted by atomic mass is 9.75. The van der Waals surface area contributed by atoms with Gasteiger partial charge in [-0.1, -0.05) is 31.1 Å². The number of oxime groups is 1. The molecule has 0 saturated heterocycles. The average Bonchev–Trinajstić information content (AvgIpc) is 3.20. The van der Waals surface area contributed by atoms with Crippen molar-refractivity contribution in [1.29, 1.82) is 0 Å². The molecule has 0 spiro atoms. The van der Waals surface area contributed by atoms with E-state index >= 15 is 0 Å². The molecule has 0 saturated carbocycles. The zero-order chi connectivity index (χ0) is 21.7. The average molecular weight is 412 g/mol. The normalized spacial score (nSPS) is 16.7. The first-order valence-electron chi connectivity index (χ1n) is 9.85. The van der Waals surface area contributed by atoms with Crippen LogP contribution in [0.15, 0.2) is 41.7 Å². The van der Waals surface area contributed by atoms with Gasteiger partial charge in [-0.25, -0.2) is 0 Å². The fourth-order valence-corrected chi connectivity index (χ4v) is 3.29. The summed E-state index contributed by atoms with van der Waals surface area (Å²) in [7, 11) is -1.66. The lowest BCUT2D eigenvalue weighted by molar-refractivity contribution is -0.131. The summed E-state index contributed by atoms with van der Waals surface area (Å²) in [6.45, 7) is 3.98. The summed E-state index contributed by atoms with van der Waals surface area (Å²) in [6, 6.07) is 8.92. The number of nitrogens with zero attached hydrogens (tertiary/aromatic N) is 2. The maximum atomic E-state index is 12.6. The smallest absolute Gasteiger partial charge is 0.426 e. The van der Waals surface area contributed by atoms with Crippen LogP contribution in [0.4, 0.5) is 0 Å². The molecule has 158 valence electrons. The van der Waals surface area contributed by atoms with Crippen molar-refractivity contribution in [2.45, 2.75) is 38.7 Å². The van der Waals surface area contributed by atoms with Gasteiger partial charge in [0.2, 0.25) is 6.10 Å². The number of carbonyl (C=O) groups is 2. The minimum absolute atomic E-state index is 0.136. The number of fused-ring (bicyclic) bond motifs is 1. The van der Waals surface area contributed by atoms with Gasteiger partial charge in [0.05, 0.1) is 23.7 Å². The molecule has 0 aliphatic carbocycles. The van der Waals surface area contributed by atoms with E-state index in [0.717, 1.165) is 10.9 Å². The van der Waals surface area contributed by atoms with Gasteiger partial charge in [-0.05, 0) is 30.5 Å². The third-order valence-corrected chi connectivity index (χ3v) is 4.78. The zero-order valence-corrected chi connectivity index (χ0v) is 16.9. The van der Waals surface area contributed by atoms with Gasteiger partial charge in [0.15, 0.2) is 0 Å². The molecule has 3 rings (SSSR count). The Balaban J connectivity index is 1.53. The number of benzene rings is 1. The minimum Gasteiger partial charge on any atom is -0.426 e. The summed E-state index contributed by atoms with van der Waals surface area (Å²) in [5.74, 6) is -1.36. The molecule has 2 unspecified atom stereocenters. The first-order chi connectivity index (χ1) is 14.3. The van der Waals surface area contributed by atoms with E-state index in [0.29, 0.717) is 17.7 Å². The fraction of sp³-hybridized carbons (Fsp3) is 0.400. The molecule has 4 N–H and O–H groups in total. The fourth-order valence-electron chi connectivity index (χ4n) is 3.29. The zero-order valence-electron chi connectivity index (χ0n) is 16.9. The second-order valence-electron chi connectivity index (χ2n) is 7.67. The van der Waals surface area contributed by atoms with E-state index < -0.39 is 25.1 Å². The van der Waals surface area contributed by atoms with Gasteiger partial charge in [0.25, 0.3) is 11.8 Å². The predicted octanol–water partition coefficient (Wildman–Crippen LogP) is 0.652. The van der Waals surface area contributed by atoms with E-state index in [-0.39, 0.29) is 24.8 Å². The number of carbonyl (C=O) groups excluding carboxylic acids is 2. The van der Waals surface area contributed by atoms with Crippen molar-refractivity contribution < 1.29 is 24.5 Å². The lowest BCUT2D eigenvalue weighted by Crippen LogP contribution is -2.50. The van der Waals surface area contributed by atoms with Gasteiger partial charge < -0.3 is 25.5 Å². The highest BCUT2D eigenvalue weighted by Gasteiger charge is 2.33. The second-order valence-corrected chi connectivity index (χ2v) is 7.67. The van der Waals surface area contributed by atoms with Crippen molar-refractivity contribution >= 4 is 35.5 Å². The van der Waals surface area contributed by atoms with Crippen LogP contribution in [-0.2, 0) is 9.63 Å². The number of hydrogen-bond donors (Lipinski definition) is 4. The van der Waals surface area contributed by atoms with Crippen LogP contribution in [-0.4, -0.2) is 58.3 Å². The first kappa shape index (κ1) is 21.7. The topological polar surface area (TPSA) is 133 Å². The van der Waals surface area contributed by atoms with Crippen molar-refractivity contribution in [1.82, 2.24) is 15.6 Å². The van der Waals surface area contributed by atoms with Crippen LogP contribution < -0.4 is 10.6 Å². The van der Waals surface area contributed by atoms with E-state index in [1.54, 1.807) is 24.4 Å². The quantitative estimate of drug-likeness (QED) is 0.471. The van der Waals surface area contributed by atoms with E-state index in [1.807, 2.05) is 26.0 Å². The van der Waals surface area contributed by atoms with Gasteiger partial charge in [-0.2, -0.15) is 0 Å². The molecule has 1 aromatic carbocycles. The summed E-state index contributed by atoms with van der Waals surface area (Å²) in [6.07, 6.45) is 1.42. The number of hydrogen-bond acceptors (Lipinski definition) is 7. The van der Waals surface area contributed by atoms with Gasteiger partial charge >= 0.3 is 7.12 Å². The maximum absolute atomic E-state index is 12.6. The third-order valence-electron chi connectivity index (χ3n) is 4.78. The SMILES string of the molecule is CC(C)CC(NC(=O)C1CC(CNC(=O)c2cccc3ncccc23)=NO1)B(O)O. The number of pyridine rings is 1. The molecule has 0 fully saturated rings. The predicted molar refractivity (Wildman–Crippen MR) is 113 cm³/mol. The maximum Gasteiger partial charge on any atom is 0.475 e. The molecular formula is C20H25BN4O5. The molecule has 2 aromatic rings. The Kier molecular flexibility index (Phi) is 7.01. The number of amides is 2. The van der Waals surface area contributed by atoms with Crippen LogP contribution >= 0.6 is 0 Å². The first-order valence-corrected chi connectivity index (χ1v) is 9.85. The molecule has 2 heterocycles. The summed E-state index contributed by atoms with van der Waals surface area (Å²) >= 11 is 0. The molecule has 0 radical (unpaired) electrons. The highest BCUT2D eigenvalue weighted by atomic mass is 16.6. The van der Waals surface area contributed by atoms with Crippen molar-refractivity contribution in [2.24, 2.45) is 11.1 Å². The molecule has 2 atom stereocenters. The van der Waals surface area contributed by atoms with E-state index in [2.05, 4.69) is 20.8 Å². The van der Waals surface area contributed by atoms with Crippen molar-refractivity contribution in [2.75, 3.05) is 6.54 Å². The van der Waals surface area contributed by atoms with Gasteiger partial charge in [-0.15, -0.1) is 0 Å². The van der Waals surface area contributed by atoms with Crippen LogP contribution in [0.3, 0.4) is 0 Å².